The van der Waals surface area contributed by atoms with Gasteiger partial charge in [-0.3, -0.25) is 9.59 Å². The summed E-state index contributed by atoms with van der Waals surface area (Å²) < 4.78 is 0. The van der Waals surface area contributed by atoms with E-state index < -0.39 is 11.9 Å². The number of carbonyl (C=O) groups is 2. The first kappa shape index (κ1) is 10.7. The molecule has 2 rings (SSSR count). The first-order valence-corrected chi connectivity index (χ1v) is 5.23. The maximum atomic E-state index is 11.9. The van der Waals surface area contributed by atoms with E-state index in [-0.39, 0.29) is 5.91 Å². The Balaban J connectivity index is 2.25. The Hall–Kier alpha value is -1.84. The van der Waals surface area contributed by atoms with Crippen LogP contribution in [-0.2, 0) is 16.0 Å². The Morgan fingerprint density at radius 3 is 2.75 bits per heavy atom. The van der Waals surface area contributed by atoms with Crippen LogP contribution < -0.4 is 4.90 Å². The molecule has 1 amide bonds. The van der Waals surface area contributed by atoms with Gasteiger partial charge in [-0.2, -0.15) is 0 Å². The van der Waals surface area contributed by atoms with E-state index in [1.807, 2.05) is 24.3 Å². The van der Waals surface area contributed by atoms with Gasteiger partial charge in [-0.1, -0.05) is 18.2 Å². The number of carboxylic acid groups (broad SMARTS) is 1. The second kappa shape index (κ2) is 3.96. The Bertz CT molecular complexity index is 442. The lowest BCUT2D eigenvalue weighted by Crippen LogP contribution is -2.37. The van der Waals surface area contributed by atoms with Crippen molar-refractivity contribution in [2.24, 2.45) is 5.92 Å². The minimum Gasteiger partial charge on any atom is -0.481 e. The number of anilines is 1. The van der Waals surface area contributed by atoms with E-state index in [0.29, 0.717) is 6.54 Å². The molecular weight excluding hydrogens is 206 g/mol. The molecular formula is C12H13NO3. The number of nitrogens with zero attached hydrogens (tertiary/aromatic N) is 1. The third kappa shape index (κ3) is 1.66. The summed E-state index contributed by atoms with van der Waals surface area (Å²) >= 11 is 0. The third-order valence-electron chi connectivity index (χ3n) is 2.89. The third-order valence-corrected chi connectivity index (χ3v) is 2.89. The SMILES string of the molecule is CC(C(=O)O)C(=O)N1CCc2ccccc21. The minimum atomic E-state index is -1.07. The molecule has 1 aromatic rings. The van der Waals surface area contributed by atoms with Crippen molar-refractivity contribution in [2.75, 3.05) is 11.4 Å². The standard InChI is InChI=1S/C12H13NO3/c1-8(12(15)16)11(14)13-7-6-9-4-2-3-5-10(9)13/h2-5,8H,6-7H2,1H3,(H,15,16). The predicted octanol–water partition coefficient (Wildman–Crippen LogP) is 1.30. The van der Waals surface area contributed by atoms with Crippen molar-refractivity contribution >= 4 is 17.6 Å². The van der Waals surface area contributed by atoms with Crippen LogP contribution in [0.1, 0.15) is 12.5 Å². The van der Waals surface area contributed by atoms with Crippen LogP contribution >= 0.6 is 0 Å². The number of rotatable bonds is 2. The average Bonchev–Trinajstić information content (AvgIpc) is 2.70. The maximum Gasteiger partial charge on any atom is 0.315 e. The van der Waals surface area contributed by atoms with Crippen molar-refractivity contribution in [1.29, 1.82) is 0 Å². The number of hydrogen-bond acceptors (Lipinski definition) is 2. The summed E-state index contributed by atoms with van der Waals surface area (Å²) in [7, 11) is 0. The highest BCUT2D eigenvalue weighted by molar-refractivity contribution is 6.06. The molecule has 0 radical (unpaired) electrons. The number of aliphatic carboxylic acids is 1. The summed E-state index contributed by atoms with van der Waals surface area (Å²) in [5.41, 5.74) is 1.95. The molecule has 0 aromatic heterocycles. The van der Waals surface area contributed by atoms with E-state index in [1.54, 1.807) is 4.90 Å². The lowest BCUT2D eigenvalue weighted by atomic mass is 10.1. The van der Waals surface area contributed by atoms with Gasteiger partial charge in [0.2, 0.25) is 5.91 Å². The largest absolute Gasteiger partial charge is 0.481 e. The number of carboxylic acids is 1. The zero-order valence-electron chi connectivity index (χ0n) is 9.01. The molecule has 0 bridgehead atoms. The first-order chi connectivity index (χ1) is 7.61. The Kier molecular flexibility index (Phi) is 2.64. The molecule has 0 saturated carbocycles. The van der Waals surface area contributed by atoms with E-state index in [2.05, 4.69) is 0 Å². The first-order valence-electron chi connectivity index (χ1n) is 5.23. The van der Waals surface area contributed by atoms with Crippen LogP contribution in [-0.4, -0.2) is 23.5 Å². The summed E-state index contributed by atoms with van der Waals surface area (Å²) in [5.74, 6) is -2.39. The molecule has 0 aliphatic carbocycles. The molecule has 4 nitrogen and oxygen atoms in total. The van der Waals surface area contributed by atoms with Crippen LogP contribution in [0.3, 0.4) is 0 Å². The van der Waals surface area contributed by atoms with Crippen molar-refractivity contribution in [3.05, 3.63) is 29.8 Å². The van der Waals surface area contributed by atoms with Crippen molar-refractivity contribution in [3.8, 4) is 0 Å². The van der Waals surface area contributed by atoms with Crippen molar-refractivity contribution in [2.45, 2.75) is 13.3 Å². The molecule has 0 spiro atoms. The van der Waals surface area contributed by atoms with E-state index in [1.165, 1.54) is 6.92 Å². The Morgan fingerprint density at radius 2 is 2.06 bits per heavy atom. The molecule has 0 saturated heterocycles. The van der Waals surface area contributed by atoms with E-state index in [0.717, 1.165) is 17.7 Å². The molecule has 1 aliphatic heterocycles. The molecule has 1 aromatic carbocycles. The molecule has 1 atom stereocenters. The van der Waals surface area contributed by atoms with Crippen LogP contribution in [0.4, 0.5) is 5.69 Å². The second-order valence-corrected chi connectivity index (χ2v) is 3.93. The lowest BCUT2D eigenvalue weighted by molar-refractivity contribution is -0.145. The summed E-state index contributed by atoms with van der Waals surface area (Å²) in [6, 6.07) is 7.60. The summed E-state index contributed by atoms with van der Waals surface area (Å²) in [6.07, 6.45) is 0.800. The monoisotopic (exact) mass is 219 g/mol. The fourth-order valence-corrected chi connectivity index (χ4v) is 1.91. The summed E-state index contributed by atoms with van der Waals surface area (Å²) in [6.45, 7) is 2.00. The van der Waals surface area contributed by atoms with Crippen LogP contribution in [0.15, 0.2) is 24.3 Å². The Labute approximate surface area is 93.5 Å². The van der Waals surface area contributed by atoms with Gasteiger partial charge in [-0.05, 0) is 25.0 Å². The fourth-order valence-electron chi connectivity index (χ4n) is 1.91. The molecule has 16 heavy (non-hydrogen) atoms. The van der Waals surface area contributed by atoms with E-state index in [9.17, 15) is 9.59 Å². The topological polar surface area (TPSA) is 57.6 Å². The van der Waals surface area contributed by atoms with Crippen molar-refractivity contribution < 1.29 is 14.7 Å². The van der Waals surface area contributed by atoms with Crippen LogP contribution in [0.25, 0.3) is 0 Å². The number of benzene rings is 1. The van der Waals surface area contributed by atoms with Crippen molar-refractivity contribution in [1.82, 2.24) is 0 Å². The molecule has 1 aliphatic rings. The summed E-state index contributed by atoms with van der Waals surface area (Å²) in [5, 5.41) is 8.81. The predicted molar refractivity (Wildman–Crippen MR) is 59.3 cm³/mol. The number of hydrogen-bond donors (Lipinski definition) is 1. The van der Waals surface area contributed by atoms with Gasteiger partial charge >= 0.3 is 5.97 Å². The van der Waals surface area contributed by atoms with Gasteiger partial charge in [-0.15, -0.1) is 0 Å². The molecule has 1 N–H and O–H groups in total. The lowest BCUT2D eigenvalue weighted by Gasteiger charge is -2.19. The zero-order chi connectivity index (χ0) is 11.7. The summed E-state index contributed by atoms with van der Waals surface area (Å²) in [4.78, 5) is 24.2. The number of carbonyl (C=O) groups excluding carboxylic acids is 1. The molecule has 1 heterocycles. The molecule has 0 fully saturated rings. The van der Waals surface area contributed by atoms with Crippen molar-refractivity contribution in [3.63, 3.8) is 0 Å². The highest BCUT2D eigenvalue weighted by Crippen LogP contribution is 2.28. The normalized spacial score (nSPS) is 15.7. The molecule has 1 unspecified atom stereocenters. The highest BCUT2D eigenvalue weighted by Gasteiger charge is 2.30. The zero-order valence-corrected chi connectivity index (χ0v) is 9.01. The van der Waals surface area contributed by atoms with Crippen LogP contribution in [0, 0.1) is 5.92 Å². The minimum absolute atomic E-state index is 0.336. The fraction of sp³-hybridized carbons (Fsp3) is 0.333. The van der Waals surface area contributed by atoms with Crippen LogP contribution in [0.5, 0.6) is 0 Å². The van der Waals surface area contributed by atoms with Gasteiger partial charge in [0.05, 0.1) is 0 Å². The van der Waals surface area contributed by atoms with Gasteiger partial charge in [0.1, 0.15) is 5.92 Å². The number of para-hydroxylation sites is 1. The smallest absolute Gasteiger partial charge is 0.315 e. The van der Waals surface area contributed by atoms with Gasteiger partial charge < -0.3 is 10.0 Å². The van der Waals surface area contributed by atoms with E-state index >= 15 is 0 Å². The Morgan fingerprint density at radius 1 is 1.38 bits per heavy atom. The van der Waals surface area contributed by atoms with Gasteiger partial charge in [0.15, 0.2) is 0 Å². The highest BCUT2D eigenvalue weighted by atomic mass is 16.4. The van der Waals surface area contributed by atoms with Gasteiger partial charge in [0.25, 0.3) is 0 Å². The van der Waals surface area contributed by atoms with E-state index in [4.69, 9.17) is 5.11 Å². The van der Waals surface area contributed by atoms with Gasteiger partial charge in [0, 0.05) is 12.2 Å². The maximum absolute atomic E-state index is 11.9. The van der Waals surface area contributed by atoms with Crippen LogP contribution in [0.2, 0.25) is 0 Å². The average molecular weight is 219 g/mol. The molecule has 4 heteroatoms. The number of fused-ring (bicyclic) bond motifs is 1. The quantitative estimate of drug-likeness (QED) is 0.763. The molecule has 84 valence electrons. The second-order valence-electron chi connectivity index (χ2n) is 3.93. The number of amides is 1. The van der Waals surface area contributed by atoms with Gasteiger partial charge in [-0.25, -0.2) is 0 Å².